The summed E-state index contributed by atoms with van der Waals surface area (Å²) in [7, 11) is 0. The number of hydrogen-bond donors (Lipinski definition) is 2. The zero-order chi connectivity index (χ0) is 20.0. The molecule has 1 aromatic heterocycles. The number of nitrogens with one attached hydrogen (secondary N) is 2. The van der Waals surface area contributed by atoms with Crippen LogP contribution in [0.3, 0.4) is 0 Å². The highest BCUT2D eigenvalue weighted by atomic mass is 16.1. The van der Waals surface area contributed by atoms with Crippen LogP contribution in [-0.2, 0) is 18.5 Å². The van der Waals surface area contributed by atoms with Crippen molar-refractivity contribution in [3.63, 3.8) is 0 Å². The molecule has 2 N–H and O–H groups in total. The Kier molecular flexibility index (Phi) is 6.22. The molecule has 0 aliphatic heterocycles. The molecule has 1 amide bonds. The molecule has 4 heteroatoms. The molecule has 3 rings (SSSR count). The van der Waals surface area contributed by atoms with Gasteiger partial charge in [0.25, 0.3) is 5.91 Å². The summed E-state index contributed by atoms with van der Waals surface area (Å²) >= 11 is 0. The summed E-state index contributed by atoms with van der Waals surface area (Å²) in [5.41, 5.74) is 5.31. The number of hydrogen-bond acceptors (Lipinski definition) is 3. The molecule has 0 saturated heterocycles. The van der Waals surface area contributed by atoms with Gasteiger partial charge in [-0.15, -0.1) is 0 Å². The molecule has 0 fully saturated rings. The Morgan fingerprint density at radius 2 is 1.36 bits per heavy atom. The maximum atomic E-state index is 12.3. The van der Waals surface area contributed by atoms with Crippen LogP contribution < -0.4 is 10.6 Å². The van der Waals surface area contributed by atoms with Crippen molar-refractivity contribution in [3.05, 3.63) is 95.3 Å². The predicted molar refractivity (Wildman–Crippen MR) is 114 cm³/mol. The van der Waals surface area contributed by atoms with Crippen LogP contribution in [0.1, 0.15) is 47.8 Å². The monoisotopic (exact) mass is 373 g/mol. The highest BCUT2D eigenvalue weighted by molar-refractivity contribution is 6.04. The molecule has 0 aliphatic carbocycles. The molecular formula is C24H27N3O. The maximum absolute atomic E-state index is 12.3. The highest BCUT2D eigenvalue weighted by Gasteiger charge is 2.12. The fraction of sp³-hybridized carbons (Fsp3) is 0.250. The molecule has 2 aromatic carbocycles. The fourth-order valence-corrected chi connectivity index (χ4v) is 2.89. The molecule has 144 valence electrons. The lowest BCUT2D eigenvalue weighted by molar-refractivity contribution is 0.102. The van der Waals surface area contributed by atoms with Crippen molar-refractivity contribution in [3.8, 4) is 0 Å². The first-order valence-electron chi connectivity index (χ1n) is 9.52. The molecule has 3 aromatic rings. The van der Waals surface area contributed by atoms with Gasteiger partial charge in [0.2, 0.25) is 0 Å². The van der Waals surface area contributed by atoms with E-state index >= 15 is 0 Å². The Morgan fingerprint density at radius 1 is 0.821 bits per heavy atom. The van der Waals surface area contributed by atoms with Gasteiger partial charge in [-0.1, -0.05) is 57.2 Å². The SMILES string of the molecule is CC(C)(C)c1ccc(CNCc2ccc(C(=O)Nc3ccncc3)cc2)cc1. The number of amides is 1. The molecule has 0 saturated carbocycles. The Labute approximate surface area is 167 Å². The Balaban J connectivity index is 1.50. The third kappa shape index (κ3) is 5.51. The van der Waals surface area contributed by atoms with Gasteiger partial charge < -0.3 is 10.6 Å². The topological polar surface area (TPSA) is 54.0 Å². The maximum Gasteiger partial charge on any atom is 0.255 e. The Bertz CT molecular complexity index is 895. The summed E-state index contributed by atoms with van der Waals surface area (Å²) in [5, 5.41) is 6.32. The predicted octanol–water partition coefficient (Wildman–Crippen LogP) is 4.92. The van der Waals surface area contributed by atoms with Crippen molar-refractivity contribution < 1.29 is 4.79 Å². The van der Waals surface area contributed by atoms with Gasteiger partial charge in [0.05, 0.1) is 0 Å². The van der Waals surface area contributed by atoms with Crippen molar-refractivity contribution in [2.24, 2.45) is 0 Å². The number of pyridine rings is 1. The van der Waals surface area contributed by atoms with E-state index in [1.807, 2.05) is 24.3 Å². The van der Waals surface area contributed by atoms with E-state index in [0.717, 1.165) is 24.3 Å². The van der Waals surface area contributed by atoms with Crippen molar-refractivity contribution in [1.29, 1.82) is 0 Å². The van der Waals surface area contributed by atoms with Crippen LogP contribution in [0.2, 0.25) is 0 Å². The minimum absolute atomic E-state index is 0.121. The van der Waals surface area contributed by atoms with Gasteiger partial charge in [-0.05, 0) is 46.4 Å². The molecule has 4 nitrogen and oxygen atoms in total. The first-order chi connectivity index (χ1) is 13.4. The quantitative estimate of drug-likeness (QED) is 0.645. The van der Waals surface area contributed by atoms with Crippen LogP contribution in [0.15, 0.2) is 73.1 Å². The molecule has 1 heterocycles. The number of anilines is 1. The van der Waals surface area contributed by atoms with E-state index in [2.05, 4.69) is 60.7 Å². The minimum Gasteiger partial charge on any atom is -0.322 e. The largest absolute Gasteiger partial charge is 0.322 e. The summed E-state index contributed by atoms with van der Waals surface area (Å²) in [6.45, 7) is 8.24. The normalized spacial score (nSPS) is 11.2. The molecule has 0 aliphatic rings. The second kappa shape index (κ2) is 8.81. The smallest absolute Gasteiger partial charge is 0.255 e. The standard InChI is InChI=1S/C24H27N3O/c1-24(2,3)21-10-6-19(7-11-21)17-26-16-18-4-8-20(9-5-18)23(28)27-22-12-14-25-15-13-22/h4-15,26H,16-17H2,1-3H3,(H,25,27,28). The first kappa shape index (κ1) is 19.8. The second-order valence-corrected chi connectivity index (χ2v) is 7.94. The van der Waals surface area contributed by atoms with Gasteiger partial charge >= 0.3 is 0 Å². The molecule has 0 atom stereocenters. The van der Waals surface area contributed by atoms with Crippen LogP contribution in [0, 0.1) is 0 Å². The van der Waals surface area contributed by atoms with E-state index in [1.54, 1.807) is 24.5 Å². The van der Waals surface area contributed by atoms with E-state index < -0.39 is 0 Å². The van der Waals surface area contributed by atoms with Crippen molar-refractivity contribution in [2.75, 3.05) is 5.32 Å². The molecule has 0 radical (unpaired) electrons. The Hall–Kier alpha value is -2.98. The summed E-state index contributed by atoms with van der Waals surface area (Å²) in [6.07, 6.45) is 3.31. The molecular weight excluding hydrogens is 346 g/mol. The van der Waals surface area contributed by atoms with Gasteiger partial charge in [-0.3, -0.25) is 9.78 Å². The van der Waals surface area contributed by atoms with Crippen LogP contribution in [-0.4, -0.2) is 10.9 Å². The molecule has 0 unspecified atom stereocenters. The average Bonchev–Trinajstić information content (AvgIpc) is 2.69. The molecule has 0 bridgehead atoms. The Morgan fingerprint density at radius 3 is 1.89 bits per heavy atom. The summed E-state index contributed by atoms with van der Waals surface area (Å²) in [4.78, 5) is 16.2. The van der Waals surface area contributed by atoms with Gasteiger partial charge in [0, 0.05) is 36.7 Å². The van der Waals surface area contributed by atoms with Gasteiger partial charge in [0.15, 0.2) is 0 Å². The number of carbonyl (C=O) groups is 1. The molecule has 28 heavy (non-hydrogen) atoms. The number of carbonyl (C=O) groups excluding carboxylic acids is 1. The number of nitrogens with zero attached hydrogens (tertiary/aromatic N) is 1. The number of aromatic nitrogens is 1. The van der Waals surface area contributed by atoms with Crippen molar-refractivity contribution >= 4 is 11.6 Å². The van der Waals surface area contributed by atoms with Crippen LogP contribution in [0.4, 0.5) is 5.69 Å². The zero-order valence-corrected chi connectivity index (χ0v) is 16.7. The van der Waals surface area contributed by atoms with Crippen LogP contribution >= 0.6 is 0 Å². The van der Waals surface area contributed by atoms with E-state index in [9.17, 15) is 4.79 Å². The molecule has 0 spiro atoms. The van der Waals surface area contributed by atoms with E-state index in [4.69, 9.17) is 0 Å². The lowest BCUT2D eigenvalue weighted by Gasteiger charge is -2.19. The summed E-state index contributed by atoms with van der Waals surface area (Å²) < 4.78 is 0. The van der Waals surface area contributed by atoms with Crippen molar-refractivity contribution in [1.82, 2.24) is 10.3 Å². The second-order valence-electron chi connectivity index (χ2n) is 7.94. The minimum atomic E-state index is -0.121. The summed E-state index contributed by atoms with van der Waals surface area (Å²) in [6, 6.07) is 20.0. The van der Waals surface area contributed by atoms with Gasteiger partial charge in [-0.25, -0.2) is 0 Å². The summed E-state index contributed by atoms with van der Waals surface area (Å²) in [5.74, 6) is -0.121. The third-order valence-electron chi connectivity index (χ3n) is 4.63. The van der Waals surface area contributed by atoms with Gasteiger partial charge in [-0.2, -0.15) is 0 Å². The fourth-order valence-electron chi connectivity index (χ4n) is 2.89. The van der Waals surface area contributed by atoms with Crippen LogP contribution in [0.25, 0.3) is 0 Å². The lowest BCUT2D eigenvalue weighted by atomic mass is 9.87. The first-order valence-corrected chi connectivity index (χ1v) is 9.52. The number of benzene rings is 2. The van der Waals surface area contributed by atoms with Gasteiger partial charge in [0.1, 0.15) is 0 Å². The average molecular weight is 374 g/mol. The lowest BCUT2D eigenvalue weighted by Crippen LogP contribution is -2.15. The van der Waals surface area contributed by atoms with Crippen LogP contribution in [0.5, 0.6) is 0 Å². The highest BCUT2D eigenvalue weighted by Crippen LogP contribution is 2.22. The zero-order valence-electron chi connectivity index (χ0n) is 16.7. The van der Waals surface area contributed by atoms with Crippen molar-refractivity contribution in [2.45, 2.75) is 39.3 Å². The third-order valence-corrected chi connectivity index (χ3v) is 4.63. The van der Waals surface area contributed by atoms with E-state index in [0.29, 0.717) is 5.56 Å². The number of rotatable bonds is 6. The van der Waals surface area contributed by atoms with E-state index in [1.165, 1.54) is 11.1 Å². The van der Waals surface area contributed by atoms with E-state index in [-0.39, 0.29) is 11.3 Å².